The molecule has 3 unspecified atom stereocenters. The van der Waals surface area contributed by atoms with Crippen molar-refractivity contribution in [1.82, 2.24) is 20.4 Å². The van der Waals surface area contributed by atoms with E-state index in [-0.39, 0.29) is 6.03 Å². The van der Waals surface area contributed by atoms with E-state index < -0.39 is 0 Å². The topological polar surface area (TPSA) is 47.6 Å². The number of rotatable bonds is 1. The highest BCUT2D eigenvalue weighted by molar-refractivity contribution is 5.77. The summed E-state index contributed by atoms with van der Waals surface area (Å²) >= 11 is 0. The Balaban J connectivity index is 1.62. The Kier molecular flexibility index (Phi) is 3.20. The molecule has 0 spiro atoms. The summed E-state index contributed by atoms with van der Waals surface area (Å²) in [7, 11) is 0. The first-order valence-electron chi connectivity index (χ1n) is 7.18. The number of hydrogen-bond acceptors (Lipinski definition) is 3. The van der Waals surface area contributed by atoms with Crippen molar-refractivity contribution in [3.8, 4) is 0 Å². The predicted octanol–water partition coefficient (Wildman–Crippen LogP) is 0.225. The Labute approximate surface area is 109 Å². The van der Waals surface area contributed by atoms with Crippen molar-refractivity contribution in [2.24, 2.45) is 0 Å². The van der Waals surface area contributed by atoms with Gasteiger partial charge in [0.15, 0.2) is 0 Å². The van der Waals surface area contributed by atoms with Gasteiger partial charge in [0.2, 0.25) is 0 Å². The molecule has 5 heteroatoms. The molecule has 3 rings (SSSR count). The Morgan fingerprint density at radius 2 is 1.83 bits per heavy atom. The molecule has 0 bridgehead atoms. The molecule has 2 amide bonds. The first-order valence-corrected chi connectivity index (χ1v) is 7.18. The maximum absolute atomic E-state index is 11.6. The zero-order valence-electron chi connectivity index (χ0n) is 11.4. The fourth-order valence-corrected chi connectivity index (χ4v) is 3.79. The molecule has 3 saturated heterocycles. The van der Waals surface area contributed by atoms with E-state index in [1.807, 2.05) is 4.90 Å². The molecular weight excluding hydrogens is 228 g/mol. The molecule has 0 aromatic carbocycles. The van der Waals surface area contributed by atoms with Gasteiger partial charge < -0.3 is 15.5 Å². The summed E-state index contributed by atoms with van der Waals surface area (Å²) in [6, 6.07) is 2.44. The van der Waals surface area contributed by atoms with Crippen LogP contribution in [0.5, 0.6) is 0 Å². The summed E-state index contributed by atoms with van der Waals surface area (Å²) in [6.45, 7) is 8.35. The van der Waals surface area contributed by atoms with Gasteiger partial charge in [-0.3, -0.25) is 4.90 Å². The van der Waals surface area contributed by atoms with Crippen LogP contribution in [0.2, 0.25) is 0 Å². The Bertz CT molecular complexity index is 325. The van der Waals surface area contributed by atoms with Gasteiger partial charge in [-0.1, -0.05) is 0 Å². The van der Waals surface area contributed by atoms with Crippen molar-refractivity contribution >= 4 is 6.03 Å². The maximum Gasteiger partial charge on any atom is 0.317 e. The second-order valence-corrected chi connectivity index (χ2v) is 6.12. The van der Waals surface area contributed by atoms with Gasteiger partial charge in [-0.05, 0) is 26.7 Å². The average Bonchev–Trinajstić information content (AvgIpc) is 2.69. The number of urea groups is 1. The summed E-state index contributed by atoms with van der Waals surface area (Å²) in [4.78, 5) is 16.2. The number of nitrogens with zero attached hydrogens (tertiary/aromatic N) is 2. The fraction of sp³-hybridized carbons (Fsp3) is 0.923. The van der Waals surface area contributed by atoms with Crippen molar-refractivity contribution in [2.45, 2.75) is 50.9 Å². The second-order valence-electron chi connectivity index (χ2n) is 6.12. The number of amides is 2. The van der Waals surface area contributed by atoms with Gasteiger partial charge in [-0.25, -0.2) is 4.79 Å². The van der Waals surface area contributed by atoms with Crippen LogP contribution in [-0.4, -0.2) is 66.2 Å². The molecule has 0 radical (unpaired) electrons. The molecule has 3 heterocycles. The lowest BCUT2D eigenvalue weighted by Crippen LogP contribution is -2.58. The smallest absolute Gasteiger partial charge is 0.317 e. The van der Waals surface area contributed by atoms with Crippen molar-refractivity contribution < 1.29 is 4.79 Å². The molecule has 18 heavy (non-hydrogen) atoms. The van der Waals surface area contributed by atoms with Crippen LogP contribution in [0.25, 0.3) is 0 Å². The molecule has 3 aliphatic heterocycles. The van der Waals surface area contributed by atoms with Crippen LogP contribution < -0.4 is 10.6 Å². The lowest BCUT2D eigenvalue weighted by Gasteiger charge is -2.44. The lowest BCUT2D eigenvalue weighted by molar-refractivity contribution is 0.0612. The number of nitrogens with one attached hydrogen (secondary N) is 2. The van der Waals surface area contributed by atoms with E-state index >= 15 is 0 Å². The number of hydrogen-bond donors (Lipinski definition) is 2. The number of fused-ring (bicyclic) bond motifs is 1. The number of piperidine rings is 1. The standard InChI is InChI=1S/C13H24N4O/c1-9-5-11(6-10(2)15-9)16-3-4-17-12(8-16)7-14-13(17)18/h9-12,15H,3-8H2,1-2H3,(H,14,18). The van der Waals surface area contributed by atoms with Crippen LogP contribution in [0, 0.1) is 0 Å². The van der Waals surface area contributed by atoms with Crippen LogP contribution in [-0.2, 0) is 0 Å². The van der Waals surface area contributed by atoms with Gasteiger partial charge >= 0.3 is 6.03 Å². The summed E-state index contributed by atoms with van der Waals surface area (Å²) in [5.41, 5.74) is 0. The Morgan fingerprint density at radius 3 is 2.56 bits per heavy atom. The van der Waals surface area contributed by atoms with Crippen molar-refractivity contribution in [3.63, 3.8) is 0 Å². The SMILES string of the molecule is CC1CC(N2CCN3C(=O)NCC3C2)CC(C)N1. The Morgan fingerprint density at radius 1 is 1.11 bits per heavy atom. The number of piperazine rings is 1. The predicted molar refractivity (Wildman–Crippen MR) is 70.5 cm³/mol. The molecule has 0 aliphatic carbocycles. The monoisotopic (exact) mass is 252 g/mol. The van der Waals surface area contributed by atoms with Gasteiger partial charge in [0.1, 0.15) is 0 Å². The van der Waals surface area contributed by atoms with E-state index in [0.29, 0.717) is 24.2 Å². The molecule has 102 valence electrons. The van der Waals surface area contributed by atoms with Gasteiger partial charge in [-0.2, -0.15) is 0 Å². The molecule has 0 aromatic rings. The van der Waals surface area contributed by atoms with Crippen molar-refractivity contribution in [2.75, 3.05) is 26.2 Å². The highest BCUT2D eigenvalue weighted by Crippen LogP contribution is 2.23. The second kappa shape index (κ2) is 4.70. The molecule has 0 aromatic heterocycles. The van der Waals surface area contributed by atoms with Crippen LogP contribution in [0.1, 0.15) is 26.7 Å². The number of carbonyl (C=O) groups is 1. The first-order chi connectivity index (χ1) is 8.63. The Hall–Kier alpha value is -0.810. The summed E-state index contributed by atoms with van der Waals surface area (Å²) in [5.74, 6) is 0. The number of carbonyl (C=O) groups excluding carboxylic acids is 1. The van der Waals surface area contributed by atoms with E-state index in [1.54, 1.807) is 0 Å². The molecule has 3 atom stereocenters. The van der Waals surface area contributed by atoms with E-state index in [0.717, 1.165) is 26.2 Å². The maximum atomic E-state index is 11.6. The highest BCUT2D eigenvalue weighted by atomic mass is 16.2. The summed E-state index contributed by atoms with van der Waals surface area (Å²) in [6.07, 6.45) is 2.47. The summed E-state index contributed by atoms with van der Waals surface area (Å²) in [5, 5.41) is 6.55. The minimum atomic E-state index is 0.131. The van der Waals surface area contributed by atoms with Crippen molar-refractivity contribution in [1.29, 1.82) is 0 Å². The van der Waals surface area contributed by atoms with Crippen molar-refractivity contribution in [3.05, 3.63) is 0 Å². The van der Waals surface area contributed by atoms with Gasteiger partial charge in [0, 0.05) is 44.3 Å². The average molecular weight is 252 g/mol. The fourth-order valence-electron chi connectivity index (χ4n) is 3.79. The normalized spacial score (nSPS) is 41.7. The molecule has 3 fully saturated rings. The molecule has 0 saturated carbocycles. The lowest BCUT2D eigenvalue weighted by atomic mass is 9.93. The quantitative estimate of drug-likeness (QED) is 0.702. The van der Waals surface area contributed by atoms with Crippen LogP contribution in [0.15, 0.2) is 0 Å². The van der Waals surface area contributed by atoms with E-state index in [9.17, 15) is 4.79 Å². The van der Waals surface area contributed by atoms with Crippen LogP contribution >= 0.6 is 0 Å². The minimum absolute atomic E-state index is 0.131. The zero-order valence-corrected chi connectivity index (χ0v) is 11.4. The zero-order chi connectivity index (χ0) is 12.7. The molecule has 5 nitrogen and oxygen atoms in total. The molecule has 2 N–H and O–H groups in total. The molecular formula is C13H24N4O. The molecule has 3 aliphatic rings. The summed E-state index contributed by atoms with van der Waals surface area (Å²) < 4.78 is 0. The van der Waals surface area contributed by atoms with Gasteiger partial charge in [0.05, 0.1) is 6.04 Å². The highest BCUT2D eigenvalue weighted by Gasteiger charge is 2.38. The third-order valence-electron chi connectivity index (χ3n) is 4.60. The van der Waals surface area contributed by atoms with E-state index in [4.69, 9.17) is 0 Å². The van der Waals surface area contributed by atoms with Gasteiger partial charge in [0.25, 0.3) is 0 Å². The van der Waals surface area contributed by atoms with E-state index in [2.05, 4.69) is 29.4 Å². The third-order valence-corrected chi connectivity index (χ3v) is 4.60. The largest absolute Gasteiger partial charge is 0.336 e. The van der Waals surface area contributed by atoms with Crippen LogP contribution in [0.3, 0.4) is 0 Å². The van der Waals surface area contributed by atoms with Gasteiger partial charge in [-0.15, -0.1) is 0 Å². The first kappa shape index (κ1) is 12.2. The van der Waals surface area contributed by atoms with E-state index in [1.165, 1.54) is 12.8 Å². The minimum Gasteiger partial charge on any atom is -0.336 e. The van der Waals surface area contributed by atoms with Crippen LogP contribution in [0.4, 0.5) is 4.79 Å². The third kappa shape index (κ3) is 2.21.